The first-order valence-corrected chi connectivity index (χ1v) is 11.2. The Morgan fingerprint density at radius 2 is 1.80 bits per heavy atom. The number of nitro groups is 1. The number of carbonyl (C=O) groups excluding carboxylic acids is 3. The summed E-state index contributed by atoms with van der Waals surface area (Å²) in [5.41, 5.74) is 2.04. The molecule has 0 unspecified atom stereocenters. The number of ether oxygens (including phenoxy) is 1. The van der Waals surface area contributed by atoms with Gasteiger partial charge in [0.2, 0.25) is 0 Å². The Morgan fingerprint density at radius 3 is 2.49 bits per heavy atom. The largest absolute Gasteiger partial charge is 0.488 e. The minimum Gasteiger partial charge on any atom is -0.488 e. The SMILES string of the molecule is Cc1ccc(COc2ccc(/C=C3\C(=O)NC(=O)N(c4cccc([N+](=O)[O-])c4)C3=O)cc2Br)cc1. The van der Waals surface area contributed by atoms with E-state index in [9.17, 15) is 24.5 Å². The quantitative estimate of drug-likeness (QED) is 0.207. The summed E-state index contributed by atoms with van der Waals surface area (Å²) in [7, 11) is 0. The molecule has 0 atom stereocenters. The van der Waals surface area contributed by atoms with Crippen molar-refractivity contribution in [3.8, 4) is 5.75 Å². The zero-order valence-corrected chi connectivity index (χ0v) is 19.9. The zero-order valence-electron chi connectivity index (χ0n) is 18.4. The molecule has 4 rings (SSSR count). The third kappa shape index (κ3) is 5.28. The minimum absolute atomic E-state index is 0.0267. The molecule has 1 aliphatic heterocycles. The maximum absolute atomic E-state index is 13.0. The fraction of sp³-hybridized carbons (Fsp3) is 0.0800. The molecule has 9 nitrogen and oxygen atoms in total. The molecule has 0 saturated carbocycles. The Morgan fingerprint density at radius 1 is 1.06 bits per heavy atom. The lowest BCUT2D eigenvalue weighted by Gasteiger charge is -2.26. The van der Waals surface area contributed by atoms with Crippen molar-refractivity contribution in [2.24, 2.45) is 0 Å². The molecule has 0 radical (unpaired) electrons. The van der Waals surface area contributed by atoms with E-state index in [0.29, 0.717) is 27.3 Å². The second-order valence-corrected chi connectivity index (χ2v) is 8.55. The summed E-state index contributed by atoms with van der Waals surface area (Å²) < 4.78 is 6.45. The van der Waals surface area contributed by atoms with Gasteiger partial charge >= 0.3 is 6.03 Å². The number of hydrogen-bond donors (Lipinski definition) is 1. The van der Waals surface area contributed by atoms with Gasteiger partial charge in [-0.3, -0.25) is 25.0 Å². The van der Waals surface area contributed by atoms with Gasteiger partial charge in [0.1, 0.15) is 17.9 Å². The molecular weight excluding hydrogens is 518 g/mol. The number of imide groups is 2. The lowest BCUT2D eigenvalue weighted by atomic mass is 10.1. The summed E-state index contributed by atoms with van der Waals surface area (Å²) in [6.07, 6.45) is 1.34. The van der Waals surface area contributed by atoms with Crippen molar-refractivity contribution in [3.63, 3.8) is 0 Å². The van der Waals surface area contributed by atoms with E-state index in [2.05, 4.69) is 21.2 Å². The predicted octanol–water partition coefficient (Wildman–Crippen LogP) is 4.91. The number of hydrogen-bond acceptors (Lipinski definition) is 6. The predicted molar refractivity (Wildman–Crippen MR) is 132 cm³/mol. The Bertz CT molecular complexity index is 1380. The summed E-state index contributed by atoms with van der Waals surface area (Å²) in [6, 6.07) is 17.0. The van der Waals surface area contributed by atoms with Gasteiger partial charge < -0.3 is 4.74 Å². The van der Waals surface area contributed by atoms with Gasteiger partial charge in [0.05, 0.1) is 15.1 Å². The van der Waals surface area contributed by atoms with Crippen LogP contribution in [0.4, 0.5) is 16.2 Å². The number of amides is 4. The summed E-state index contributed by atoms with van der Waals surface area (Å²) in [5.74, 6) is -1.19. The van der Waals surface area contributed by atoms with Crippen LogP contribution in [0.2, 0.25) is 0 Å². The normalized spacial score (nSPS) is 14.7. The van der Waals surface area contributed by atoms with Crippen LogP contribution in [0, 0.1) is 17.0 Å². The van der Waals surface area contributed by atoms with Gasteiger partial charge in [-0.2, -0.15) is 0 Å². The third-order valence-electron chi connectivity index (χ3n) is 5.18. The number of nitrogens with one attached hydrogen (secondary N) is 1. The molecule has 1 fully saturated rings. The number of barbiturate groups is 1. The summed E-state index contributed by atoms with van der Waals surface area (Å²) in [6.45, 7) is 2.37. The topological polar surface area (TPSA) is 119 Å². The number of aryl methyl sites for hydroxylation is 1. The summed E-state index contributed by atoms with van der Waals surface area (Å²) >= 11 is 3.44. The molecule has 1 saturated heterocycles. The van der Waals surface area contributed by atoms with Crippen molar-refractivity contribution in [3.05, 3.63) is 104 Å². The summed E-state index contributed by atoms with van der Waals surface area (Å²) in [4.78, 5) is 48.9. The highest BCUT2D eigenvalue weighted by molar-refractivity contribution is 9.10. The number of nitro benzene ring substituents is 1. The van der Waals surface area contributed by atoms with E-state index in [4.69, 9.17) is 4.74 Å². The molecular formula is C25H18BrN3O6. The standard InChI is InChI=1S/C25H18BrN3O6/c1-15-5-7-16(8-6-15)14-35-22-10-9-17(12-21(22)26)11-20-23(30)27-25(32)28(24(20)31)18-3-2-4-19(13-18)29(33)34/h2-13H,14H2,1H3,(H,27,30,32)/b20-11+. The third-order valence-corrected chi connectivity index (χ3v) is 5.80. The molecule has 0 aliphatic carbocycles. The average molecular weight is 536 g/mol. The van der Waals surface area contributed by atoms with Crippen molar-refractivity contribution in [2.75, 3.05) is 4.90 Å². The van der Waals surface area contributed by atoms with E-state index in [1.807, 2.05) is 31.2 Å². The summed E-state index contributed by atoms with van der Waals surface area (Å²) in [5, 5.41) is 13.2. The van der Waals surface area contributed by atoms with E-state index in [1.54, 1.807) is 18.2 Å². The molecule has 3 aromatic carbocycles. The number of rotatable bonds is 6. The van der Waals surface area contributed by atoms with E-state index >= 15 is 0 Å². The Kier molecular flexibility index (Phi) is 6.74. The molecule has 0 aromatic heterocycles. The molecule has 4 amide bonds. The number of halogens is 1. The van der Waals surface area contributed by atoms with Gasteiger partial charge in [-0.05, 0) is 58.3 Å². The van der Waals surface area contributed by atoms with E-state index in [1.165, 1.54) is 24.3 Å². The average Bonchev–Trinajstić information content (AvgIpc) is 2.82. The van der Waals surface area contributed by atoms with E-state index in [0.717, 1.165) is 17.2 Å². The van der Waals surface area contributed by atoms with Crippen LogP contribution in [0.25, 0.3) is 6.08 Å². The molecule has 0 spiro atoms. The van der Waals surface area contributed by atoms with Gasteiger partial charge in [-0.15, -0.1) is 0 Å². The number of carbonyl (C=O) groups is 3. The fourth-order valence-electron chi connectivity index (χ4n) is 3.37. The molecule has 3 aromatic rings. The highest BCUT2D eigenvalue weighted by Gasteiger charge is 2.37. The number of urea groups is 1. The molecule has 0 bridgehead atoms. The van der Waals surface area contributed by atoms with Crippen LogP contribution in [-0.2, 0) is 16.2 Å². The molecule has 176 valence electrons. The lowest BCUT2D eigenvalue weighted by Crippen LogP contribution is -2.54. The van der Waals surface area contributed by atoms with Crippen LogP contribution in [0.1, 0.15) is 16.7 Å². The Balaban J connectivity index is 1.57. The second kappa shape index (κ2) is 9.90. The van der Waals surface area contributed by atoms with Gasteiger partial charge in [-0.25, -0.2) is 9.69 Å². The van der Waals surface area contributed by atoms with Gasteiger partial charge in [0.25, 0.3) is 17.5 Å². The van der Waals surface area contributed by atoms with Crippen LogP contribution < -0.4 is 15.0 Å². The first kappa shape index (κ1) is 23.8. The van der Waals surface area contributed by atoms with Gasteiger partial charge in [0, 0.05) is 12.1 Å². The van der Waals surface area contributed by atoms with Crippen molar-refractivity contribution < 1.29 is 24.0 Å². The molecule has 10 heteroatoms. The minimum atomic E-state index is -0.987. The molecule has 1 N–H and O–H groups in total. The lowest BCUT2D eigenvalue weighted by molar-refractivity contribution is -0.384. The van der Waals surface area contributed by atoms with Crippen LogP contribution in [0.5, 0.6) is 5.75 Å². The first-order valence-electron chi connectivity index (χ1n) is 10.4. The van der Waals surface area contributed by atoms with Crippen molar-refractivity contribution in [2.45, 2.75) is 13.5 Å². The van der Waals surface area contributed by atoms with Crippen LogP contribution >= 0.6 is 15.9 Å². The highest BCUT2D eigenvalue weighted by atomic mass is 79.9. The number of nitrogens with zero attached hydrogens (tertiary/aromatic N) is 2. The first-order chi connectivity index (χ1) is 16.7. The smallest absolute Gasteiger partial charge is 0.335 e. The Hall–Kier alpha value is -4.31. The molecule has 35 heavy (non-hydrogen) atoms. The maximum Gasteiger partial charge on any atom is 0.335 e. The molecule has 1 aliphatic rings. The van der Waals surface area contributed by atoms with Crippen molar-refractivity contribution in [1.82, 2.24) is 5.32 Å². The fourth-order valence-corrected chi connectivity index (χ4v) is 3.88. The monoisotopic (exact) mass is 535 g/mol. The molecule has 1 heterocycles. The number of non-ortho nitro benzene ring substituents is 1. The second-order valence-electron chi connectivity index (χ2n) is 7.70. The Labute approximate surface area is 208 Å². The van der Waals surface area contributed by atoms with E-state index in [-0.39, 0.29) is 16.9 Å². The van der Waals surface area contributed by atoms with Crippen LogP contribution in [0.3, 0.4) is 0 Å². The van der Waals surface area contributed by atoms with Gasteiger partial charge in [-0.1, -0.05) is 42.0 Å². The number of benzene rings is 3. The van der Waals surface area contributed by atoms with Gasteiger partial charge in [0.15, 0.2) is 0 Å². The van der Waals surface area contributed by atoms with Crippen molar-refractivity contribution in [1.29, 1.82) is 0 Å². The van der Waals surface area contributed by atoms with Crippen LogP contribution in [-0.4, -0.2) is 22.8 Å². The highest BCUT2D eigenvalue weighted by Crippen LogP contribution is 2.29. The zero-order chi connectivity index (χ0) is 25.1. The van der Waals surface area contributed by atoms with Crippen molar-refractivity contribution >= 4 is 51.2 Å². The van der Waals surface area contributed by atoms with Crippen LogP contribution in [0.15, 0.2) is 76.8 Å². The van der Waals surface area contributed by atoms with E-state index < -0.39 is 22.8 Å². The number of anilines is 1. The maximum atomic E-state index is 13.0.